The first-order chi connectivity index (χ1) is 9.97. The zero-order valence-corrected chi connectivity index (χ0v) is 12.1. The molecule has 1 aliphatic heterocycles. The Hall–Kier alpha value is -1.82. The summed E-state index contributed by atoms with van der Waals surface area (Å²) in [5, 5.41) is -0.0253. The van der Waals surface area contributed by atoms with E-state index in [1.165, 1.54) is 18.2 Å². The van der Waals surface area contributed by atoms with Gasteiger partial charge in [0.25, 0.3) is 0 Å². The van der Waals surface area contributed by atoms with Crippen molar-refractivity contribution in [3.63, 3.8) is 0 Å². The minimum Gasteiger partial charge on any atom is -0.493 e. The molecule has 0 radical (unpaired) electrons. The van der Waals surface area contributed by atoms with Crippen LogP contribution in [0, 0.1) is 11.7 Å². The van der Waals surface area contributed by atoms with Crippen LogP contribution in [-0.4, -0.2) is 36.4 Å². The number of nitrogens with zero attached hydrogens (tertiary/aromatic N) is 1. The fourth-order valence-corrected chi connectivity index (χ4v) is 2.37. The van der Waals surface area contributed by atoms with E-state index in [9.17, 15) is 14.0 Å². The number of primary amides is 1. The predicted molar refractivity (Wildman–Crippen MR) is 75.4 cm³/mol. The zero-order chi connectivity index (χ0) is 15.4. The van der Waals surface area contributed by atoms with Crippen molar-refractivity contribution in [3.8, 4) is 5.75 Å². The number of hydrogen-bond donors (Lipinski definition) is 1. The van der Waals surface area contributed by atoms with E-state index in [0.717, 1.165) is 0 Å². The molecule has 114 valence electrons. The lowest BCUT2D eigenvalue weighted by atomic mass is 10.1. The van der Waals surface area contributed by atoms with Crippen LogP contribution >= 0.6 is 11.6 Å². The number of rotatable bonds is 5. The number of carbonyl (C=O) groups excluding carboxylic acids is 2. The standard InChI is InChI=1S/C14H16ClFN2O3/c15-11-7-10(1-2-12(11)16)21-6-4-13(19)18-5-3-9(8-18)14(17)20/h1-2,7,9H,3-6,8H2,(H2,17,20). The van der Waals surface area contributed by atoms with Gasteiger partial charge < -0.3 is 15.4 Å². The first-order valence-corrected chi connectivity index (χ1v) is 7.00. The minimum atomic E-state index is -0.519. The van der Waals surface area contributed by atoms with Crippen molar-refractivity contribution in [1.82, 2.24) is 4.90 Å². The van der Waals surface area contributed by atoms with E-state index in [4.69, 9.17) is 22.1 Å². The van der Waals surface area contributed by atoms with Gasteiger partial charge in [-0.2, -0.15) is 0 Å². The summed E-state index contributed by atoms with van der Waals surface area (Å²) in [6, 6.07) is 4.02. The summed E-state index contributed by atoms with van der Waals surface area (Å²) in [6.45, 7) is 1.07. The van der Waals surface area contributed by atoms with Crippen LogP contribution in [0.3, 0.4) is 0 Å². The third-order valence-corrected chi connectivity index (χ3v) is 3.71. The van der Waals surface area contributed by atoms with Crippen molar-refractivity contribution >= 4 is 23.4 Å². The molecule has 1 saturated heterocycles. The Labute approximate surface area is 126 Å². The maximum Gasteiger partial charge on any atom is 0.226 e. The van der Waals surface area contributed by atoms with Crippen LogP contribution in [0.25, 0.3) is 0 Å². The molecule has 5 nitrogen and oxygen atoms in total. The highest BCUT2D eigenvalue weighted by Crippen LogP contribution is 2.21. The van der Waals surface area contributed by atoms with Crippen LogP contribution in [0.1, 0.15) is 12.8 Å². The number of ether oxygens (including phenoxy) is 1. The van der Waals surface area contributed by atoms with Crippen molar-refractivity contribution in [2.75, 3.05) is 19.7 Å². The lowest BCUT2D eigenvalue weighted by molar-refractivity contribution is -0.131. The SMILES string of the molecule is NC(=O)C1CCN(C(=O)CCOc2ccc(F)c(Cl)c2)C1. The first kappa shape index (κ1) is 15.6. The number of hydrogen-bond acceptors (Lipinski definition) is 3. The highest BCUT2D eigenvalue weighted by atomic mass is 35.5. The second-order valence-corrected chi connectivity index (χ2v) is 5.31. The Morgan fingerprint density at radius 1 is 1.48 bits per heavy atom. The van der Waals surface area contributed by atoms with Crippen molar-refractivity contribution in [2.45, 2.75) is 12.8 Å². The molecular weight excluding hydrogens is 299 g/mol. The van der Waals surface area contributed by atoms with Gasteiger partial charge in [0.15, 0.2) is 0 Å². The summed E-state index contributed by atoms with van der Waals surface area (Å²) < 4.78 is 18.3. The van der Waals surface area contributed by atoms with E-state index < -0.39 is 5.82 Å². The third-order valence-electron chi connectivity index (χ3n) is 3.42. The number of halogens is 2. The van der Waals surface area contributed by atoms with Crippen molar-refractivity contribution in [3.05, 3.63) is 29.0 Å². The molecule has 1 atom stereocenters. The molecular formula is C14H16ClFN2O3. The maximum atomic E-state index is 13.0. The van der Waals surface area contributed by atoms with Gasteiger partial charge in [-0.3, -0.25) is 9.59 Å². The van der Waals surface area contributed by atoms with Gasteiger partial charge in [-0.25, -0.2) is 4.39 Å². The average molecular weight is 315 g/mol. The van der Waals surface area contributed by atoms with E-state index in [1.54, 1.807) is 4.90 Å². The van der Waals surface area contributed by atoms with Crippen LogP contribution in [0.2, 0.25) is 5.02 Å². The fraction of sp³-hybridized carbons (Fsp3) is 0.429. The van der Waals surface area contributed by atoms with Crippen LogP contribution in [0.15, 0.2) is 18.2 Å². The Kier molecular flexibility index (Phi) is 5.01. The monoisotopic (exact) mass is 314 g/mol. The van der Waals surface area contributed by atoms with Gasteiger partial charge in [0.2, 0.25) is 11.8 Å². The van der Waals surface area contributed by atoms with Gasteiger partial charge in [-0.15, -0.1) is 0 Å². The van der Waals surface area contributed by atoms with Crippen molar-refractivity contribution in [1.29, 1.82) is 0 Å². The van der Waals surface area contributed by atoms with E-state index in [-0.39, 0.29) is 35.8 Å². The van der Waals surface area contributed by atoms with Gasteiger partial charge in [-0.1, -0.05) is 11.6 Å². The maximum absolute atomic E-state index is 13.0. The largest absolute Gasteiger partial charge is 0.493 e. The highest BCUT2D eigenvalue weighted by molar-refractivity contribution is 6.30. The first-order valence-electron chi connectivity index (χ1n) is 6.62. The van der Waals surface area contributed by atoms with Gasteiger partial charge in [0, 0.05) is 19.2 Å². The molecule has 1 fully saturated rings. The van der Waals surface area contributed by atoms with Crippen molar-refractivity contribution in [2.24, 2.45) is 11.7 Å². The molecule has 1 aliphatic rings. The molecule has 1 aromatic carbocycles. The average Bonchev–Trinajstić information content (AvgIpc) is 2.92. The zero-order valence-electron chi connectivity index (χ0n) is 11.4. The second kappa shape index (κ2) is 6.76. The summed E-state index contributed by atoms with van der Waals surface area (Å²) in [5.74, 6) is -0.833. The Morgan fingerprint density at radius 2 is 2.24 bits per heavy atom. The Morgan fingerprint density at radius 3 is 2.86 bits per heavy atom. The molecule has 1 aromatic rings. The molecule has 2 N–H and O–H groups in total. The van der Waals surface area contributed by atoms with Crippen LogP contribution in [0.4, 0.5) is 4.39 Å². The van der Waals surface area contributed by atoms with E-state index in [0.29, 0.717) is 25.3 Å². The van der Waals surface area contributed by atoms with Gasteiger partial charge >= 0.3 is 0 Å². The van der Waals surface area contributed by atoms with E-state index in [2.05, 4.69) is 0 Å². The fourth-order valence-electron chi connectivity index (χ4n) is 2.20. The number of amides is 2. The predicted octanol–water partition coefficient (Wildman–Crippen LogP) is 1.58. The third kappa shape index (κ3) is 4.07. The molecule has 0 saturated carbocycles. The van der Waals surface area contributed by atoms with Crippen molar-refractivity contribution < 1.29 is 18.7 Å². The van der Waals surface area contributed by atoms with Gasteiger partial charge in [-0.05, 0) is 18.6 Å². The molecule has 1 unspecified atom stereocenters. The lowest BCUT2D eigenvalue weighted by Crippen LogP contribution is -2.32. The summed E-state index contributed by atoms with van der Waals surface area (Å²) in [7, 11) is 0. The minimum absolute atomic E-state index is 0.0253. The smallest absolute Gasteiger partial charge is 0.226 e. The molecule has 1 heterocycles. The number of benzene rings is 1. The Bertz CT molecular complexity index is 553. The molecule has 0 aromatic heterocycles. The Balaban J connectivity index is 1.77. The topological polar surface area (TPSA) is 72.6 Å². The molecule has 21 heavy (non-hydrogen) atoms. The van der Waals surface area contributed by atoms with Crippen LogP contribution < -0.4 is 10.5 Å². The molecule has 0 bridgehead atoms. The molecule has 0 aliphatic carbocycles. The van der Waals surface area contributed by atoms with E-state index in [1.807, 2.05) is 0 Å². The summed E-state index contributed by atoms with van der Waals surface area (Å²) in [6.07, 6.45) is 0.788. The second-order valence-electron chi connectivity index (χ2n) is 4.90. The van der Waals surface area contributed by atoms with Crippen LogP contribution in [-0.2, 0) is 9.59 Å². The molecule has 2 amide bonds. The number of likely N-dealkylation sites (tertiary alicyclic amines) is 1. The number of carbonyl (C=O) groups is 2. The number of nitrogens with two attached hydrogens (primary N) is 1. The van der Waals surface area contributed by atoms with Crippen LogP contribution in [0.5, 0.6) is 5.75 Å². The summed E-state index contributed by atoms with van der Waals surface area (Å²) >= 11 is 5.63. The van der Waals surface area contributed by atoms with E-state index >= 15 is 0 Å². The molecule has 2 rings (SSSR count). The van der Waals surface area contributed by atoms with Gasteiger partial charge in [0.05, 0.1) is 24.0 Å². The summed E-state index contributed by atoms with van der Waals surface area (Å²) in [4.78, 5) is 24.6. The quantitative estimate of drug-likeness (QED) is 0.897. The molecule has 0 spiro atoms. The highest BCUT2D eigenvalue weighted by Gasteiger charge is 2.29. The normalized spacial score (nSPS) is 17.8. The van der Waals surface area contributed by atoms with Gasteiger partial charge in [0.1, 0.15) is 11.6 Å². The lowest BCUT2D eigenvalue weighted by Gasteiger charge is -2.16. The molecule has 7 heteroatoms. The summed E-state index contributed by atoms with van der Waals surface area (Å²) in [5.41, 5.74) is 5.22.